The highest BCUT2D eigenvalue weighted by atomic mass is 32.1. The second-order valence-electron chi connectivity index (χ2n) is 3.89. The quantitative estimate of drug-likeness (QED) is 0.797. The molecule has 0 saturated carbocycles. The zero-order valence-electron chi connectivity index (χ0n) is 9.64. The van der Waals surface area contributed by atoms with Crippen LogP contribution in [0.3, 0.4) is 0 Å². The maximum Gasteiger partial charge on any atom is 0.179 e. The SMILES string of the molecule is CNC(CCO)C(=O)c1ccc2ccsc2c1. The summed E-state index contributed by atoms with van der Waals surface area (Å²) in [4.78, 5) is 12.2. The fraction of sp³-hybridized carbons (Fsp3) is 0.308. The second-order valence-corrected chi connectivity index (χ2v) is 4.84. The number of carbonyl (C=O) groups is 1. The molecule has 0 spiro atoms. The Labute approximate surface area is 104 Å². The first-order valence-electron chi connectivity index (χ1n) is 5.56. The summed E-state index contributed by atoms with van der Waals surface area (Å²) in [6, 6.07) is 7.46. The first-order valence-corrected chi connectivity index (χ1v) is 6.44. The van der Waals surface area contributed by atoms with Crippen molar-refractivity contribution in [1.82, 2.24) is 5.32 Å². The van der Waals surface area contributed by atoms with Gasteiger partial charge in [-0.25, -0.2) is 0 Å². The van der Waals surface area contributed by atoms with Crippen LogP contribution >= 0.6 is 11.3 Å². The van der Waals surface area contributed by atoms with Gasteiger partial charge in [-0.3, -0.25) is 4.79 Å². The van der Waals surface area contributed by atoms with Crippen molar-refractivity contribution in [2.24, 2.45) is 0 Å². The lowest BCUT2D eigenvalue weighted by atomic mass is 10.0. The molecule has 3 nitrogen and oxygen atoms in total. The van der Waals surface area contributed by atoms with Gasteiger partial charge in [-0.2, -0.15) is 0 Å². The molecule has 0 radical (unpaired) electrons. The Balaban J connectivity index is 2.28. The number of hydrogen-bond acceptors (Lipinski definition) is 4. The van der Waals surface area contributed by atoms with Crippen LogP contribution in [0.25, 0.3) is 10.1 Å². The predicted octanol–water partition coefficient (Wildman–Crippen LogP) is 2.05. The molecule has 90 valence electrons. The van der Waals surface area contributed by atoms with Gasteiger partial charge in [0, 0.05) is 16.9 Å². The molecule has 2 N–H and O–H groups in total. The van der Waals surface area contributed by atoms with Crippen molar-refractivity contribution in [3.05, 3.63) is 35.2 Å². The summed E-state index contributed by atoms with van der Waals surface area (Å²) in [5.41, 5.74) is 0.702. The van der Waals surface area contributed by atoms with Crippen LogP contribution in [0.5, 0.6) is 0 Å². The molecule has 0 saturated heterocycles. The minimum absolute atomic E-state index is 0.0124. The van der Waals surface area contributed by atoms with Crippen LogP contribution < -0.4 is 5.32 Å². The zero-order chi connectivity index (χ0) is 12.3. The standard InChI is InChI=1S/C13H15NO2S/c1-14-11(4-6-15)13(16)10-3-2-9-5-7-17-12(9)8-10/h2-3,5,7-8,11,14-15H,4,6H2,1H3. The van der Waals surface area contributed by atoms with Crippen LogP contribution in [0.4, 0.5) is 0 Å². The van der Waals surface area contributed by atoms with Crippen molar-refractivity contribution in [3.63, 3.8) is 0 Å². The van der Waals surface area contributed by atoms with E-state index in [9.17, 15) is 4.79 Å². The third-order valence-electron chi connectivity index (χ3n) is 2.82. The Hall–Kier alpha value is -1.23. The van der Waals surface area contributed by atoms with Gasteiger partial charge in [0.25, 0.3) is 0 Å². The molecule has 1 atom stereocenters. The number of aliphatic hydroxyl groups is 1. The molecule has 1 heterocycles. The van der Waals surface area contributed by atoms with Gasteiger partial charge >= 0.3 is 0 Å². The molecule has 1 aromatic heterocycles. The highest BCUT2D eigenvalue weighted by molar-refractivity contribution is 7.17. The number of thiophene rings is 1. The number of hydrogen-bond donors (Lipinski definition) is 2. The minimum Gasteiger partial charge on any atom is -0.396 e. The topological polar surface area (TPSA) is 49.3 Å². The van der Waals surface area contributed by atoms with E-state index in [0.29, 0.717) is 12.0 Å². The van der Waals surface area contributed by atoms with Gasteiger partial charge in [-0.1, -0.05) is 12.1 Å². The van der Waals surface area contributed by atoms with Crippen molar-refractivity contribution in [2.75, 3.05) is 13.7 Å². The van der Waals surface area contributed by atoms with Gasteiger partial charge < -0.3 is 10.4 Å². The third kappa shape index (κ3) is 2.54. The Kier molecular flexibility index (Phi) is 3.89. The first kappa shape index (κ1) is 12.2. The van der Waals surface area contributed by atoms with Crippen molar-refractivity contribution in [2.45, 2.75) is 12.5 Å². The summed E-state index contributed by atoms with van der Waals surface area (Å²) in [6.07, 6.45) is 0.442. The Morgan fingerprint density at radius 1 is 1.47 bits per heavy atom. The number of fused-ring (bicyclic) bond motifs is 1. The highest BCUT2D eigenvalue weighted by Crippen LogP contribution is 2.22. The fourth-order valence-electron chi connectivity index (χ4n) is 1.84. The summed E-state index contributed by atoms with van der Waals surface area (Å²) < 4.78 is 1.12. The molecular weight excluding hydrogens is 234 g/mol. The lowest BCUT2D eigenvalue weighted by Crippen LogP contribution is -2.34. The van der Waals surface area contributed by atoms with E-state index >= 15 is 0 Å². The molecule has 2 aromatic rings. The number of rotatable bonds is 5. The smallest absolute Gasteiger partial charge is 0.179 e. The van der Waals surface area contributed by atoms with E-state index in [1.165, 1.54) is 0 Å². The lowest BCUT2D eigenvalue weighted by Gasteiger charge is -2.13. The third-order valence-corrected chi connectivity index (χ3v) is 3.70. The van der Waals surface area contributed by atoms with E-state index in [1.54, 1.807) is 18.4 Å². The molecule has 0 aliphatic heterocycles. The number of carbonyl (C=O) groups excluding carboxylic acids is 1. The Morgan fingerprint density at radius 3 is 3.00 bits per heavy atom. The van der Waals surface area contributed by atoms with E-state index in [1.807, 2.05) is 29.6 Å². The molecule has 1 aromatic carbocycles. The fourth-order valence-corrected chi connectivity index (χ4v) is 2.67. The molecule has 4 heteroatoms. The van der Waals surface area contributed by atoms with Gasteiger partial charge in [0.1, 0.15) is 0 Å². The monoisotopic (exact) mass is 249 g/mol. The van der Waals surface area contributed by atoms with Crippen LogP contribution in [0.15, 0.2) is 29.6 Å². The van der Waals surface area contributed by atoms with E-state index in [0.717, 1.165) is 10.1 Å². The summed E-state index contributed by atoms with van der Waals surface area (Å²) in [6.45, 7) is 0.0124. The molecule has 0 aliphatic carbocycles. The molecule has 0 fully saturated rings. The molecule has 2 rings (SSSR count). The number of ketones is 1. The van der Waals surface area contributed by atoms with E-state index in [4.69, 9.17) is 5.11 Å². The van der Waals surface area contributed by atoms with Crippen LogP contribution in [-0.4, -0.2) is 30.6 Å². The summed E-state index contributed by atoms with van der Waals surface area (Å²) in [7, 11) is 1.74. The maximum absolute atomic E-state index is 12.2. The summed E-state index contributed by atoms with van der Waals surface area (Å²) in [5.74, 6) is 0.0388. The van der Waals surface area contributed by atoms with Crippen molar-refractivity contribution in [1.29, 1.82) is 0 Å². The molecule has 0 bridgehead atoms. The Bertz CT molecular complexity index is 521. The summed E-state index contributed by atoms with van der Waals surface area (Å²) in [5, 5.41) is 15.0. The van der Waals surface area contributed by atoms with E-state index in [-0.39, 0.29) is 18.4 Å². The van der Waals surface area contributed by atoms with Crippen LogP contribution in [0.1, 0.15) is 16.8 Å². The van der Waals surface area contributed by atoms with Crippen LogP contribution in [-0.2, 0) is 0 Å². The first-order chi connectivity index (χ1) is 8.26. The van der Waals surface area contributed by atoms with Gasteiger partial charge in [0.2, 0.25) is 0 Å². The van der Waals surface area contributed by atoms with Crippen LogP contribution in [0, 0.1) is 0 Å². The van der Waals surface area contributed by atoms with E-state index < -0.39 is 0 Å². The number of benzene rings is 1. The number of Topliss-reactive ketones (excluding diaryl/α,β-unsaturated/α-hetero) is 1. The Morgan fingerprint density at radius 2 is 2.29 bits per heavy atom. The zero-order valence-corrected chi connectivity index (χ0v) is 10.5. The van der Waals surface area contributed by atoms with Crippen molar-refractivity contribution in [3.8, 4) is 0 Å². The van der Waals surface area contributed by atoms with Gasteiger partial charge in [0.05, 0.1) is 6.04 Å². The molecular formula is C13H15NO2S. The summed E-state index contributed by atoms with van der Waals surface area (Å²) >= 11 is 1.63. The number of aliphatic hydroxyl groups excluding tert-OH is 1. The minimum atomic E-state index is -0.308. The lowest BCUT2D eigenvalue weighted by molar-refractivity contribution is 0.0929. The maximum atomic E-state index is 12.2. The number of nitrogens with one attached hydrogen (secondary N) is 1. The van der Waals surface area contributed by atoms with Gasteiger partial charge in [0.15, 0.2) is 5.78 Å². The largest absolute Gasteiger partial charge is 0.396 e. The van der Waals surface area contributed by atoms with Gasteiger partial charge in [-0.15, -0.1) is 11.3 Å². The average Bonchev–Trinajstić information content (AvgIpc) is 2.82. The van der Waals surface area contributed by atoms with Crippen LogP contribution in [0.2, 0.25) is 0 Å². The van der Waals surface area contributed by atoms with Crippen molar-refractivity contribution >= 4 is 27.2 Å². The second kappa shape index (κ2) is 5.40. The van der Waals surface area contributed by atoms with Gasteiger partial charge in [-0.05, 0) is 36.4 Å². The molecule has 17 heavy (non-hydrogen) atoms. The average molecular weight is 249 g/mol. The molecule has 0 aliphatic rings. The van der Waals surface area contributed by atoms with E-state index in [2.05, 4.69) is 5.32 Å². The predicted molar refractivity (Wildman–Crippen MR) is 70.7 cm³/mol. The molecule has 0 amide bonds. The highest BCUT2D eigenvalue weighted by Gasteiger charge is 2.17. The molecule has 1 unspecified atom stereocenters. The number of likely N-dealkylation sites (N-methyl/N-ethyl adjacent to an activating group) is 1. The van der Waals surface area contributed by atoms with Crippen molar-refractivity contribution < 1.29 is 9.90 Å². The normalized spacial score (nSPS) is 12.8.